The van der Waals surface area contributed by atoms with Crippen molar-refractivity contribution in [2.75, 3.05) is 13.1 Å². The van der Waals surface area contributed by atoms with E-state index in [0.717, 1.165) is 17.7 Å². The average molecular weight is 284 g/mol. The number of amides is 1. The van der Waals surface area contributed by atoms with Crippen molar-refractivity contribution in [2.24, 2.45) is 0 Å². The number of nitrogens with zero attached hydrogens (tertiary/aromatic N) is 3. The minimum absolute atomic E-state index is 0.254. The van der Waals surface area contributed by atoms with Crippen LogP contribution in [0.5, 0.6) is 0 Å². The van der Waals surface area contributed by atoms with E-state index in [0.29, 0.717) is 19.5 Å². The maximum atomic E-state index is 12.0. The molecule has 0 atom stereocenters. The monoisotopic (exact) mass is 283 g/mol. The van der Waals surface area contributed by atoms with Gasteiger partial charge in [-0.25, -0.2) is 14.8 Å². The fraction of sp³-hybridized carbons (Fsp3) is 0.615. The molecule has 1 amide bonds. The third-order valence-corrected chi connectivity index (χ3v) is 3.03. The third kappa shape index (κ3) is 3.80. The van der Waals surface area contributed by atoms with Crippen LogP contribution >= 0.6 is 11.6 Å². The number of rotatable bonds is 0. The molecule has 2 rings (SSSR count). The maximum Gasteiger partial charge on any atom is 0.410 e. The van der Waals surface area contributed by atoms with Crippen molar-refractivity contribution in [3.05, 3.63) is 22.7 Å². The summed E-state index contributed by atoms with van der Waals surface area (Å²) in [6.07, 6.45) is 2.87. The van der Waals surface area contributed by atoms with Gasteiger partial charge in [-0.3, -0.25) is 0 Å². The molecule has 0 unspecified atom stereocenters. The van der Waals surface area contributed by atoms with Gasteiger partial charge >= 0.3 is 6.09 Å². The molecule has 1 aromatic rings. The Labute approximate surface area is 117 Å². The van der Waals surface area contributed by atoms with Crippen LogP contribution in [-0.2, 0) is 17.6 Å². The van der Waals surface area contributed by atoms with Crippen LogP contribution in [0, 0.1) is 0 Å². The molecular weight excluding hydrogens is 266 g/mol. The van der Waals surface area contributed by atoms with Gasteiger partial charge in [0.05, 0.1) is 5.69 Å². The van der Waals surface area contributed by atoms with E-state index in [4.69, 9.17) is 16.3 Å². The summed E-state index contributed by atoms with van der Waals surface area (Å²) in [5, 5.41) is 0.254. The Morgan fingerprint density at radius 3 is 2.74 bits per heavy atom. The Kier molecular flexibility index (Phi) is 3.94. The van der Waals surface area contributed by atoms with E-state index in [2.05, 4.69) is 9.97 Å². The fourth-order valence-electron chi connectivity index (χ4n) is 1.96. The van der Waals surface area contributed by atoms with Crippen LogP contribution in [0.1, 0.15) is 32.0 Å². The Morgan fingerprint density at radius 2 is 2.05 bits per heavy atom. The van der Waals surface area contributed by atoms with Crippen LogP contribution in [0.3, 0.4) is 0 Å². The molecule has 0 N–H and O–H groups in total. The summed E-state index contributed by atoms with van der Waals surface area (Å²) in [5.74, 6) is 0. The van der Waals surface area contributed by atoms with E-state index in [1.54, 1.807) is 11.1 Å². The van der Waals surface area contributed by atoms with Crippen LogP contribution in [-0.4, -0.2) is 39.7 Å². The van der Waals surface area contributed by atoms with E-state index in [1.807, 2.05) is 20.8 Å². The number of hydrogen-bond donors (Lipinski definition) is 0. The molecule has 0 radical (unpaired) electrons. The summed E-state index contributed by atoms with van der Waals surface area (Å²) < 4.78 is 5.38. The highest BCUT2D eigenvalue weighted by atomic mass is 35.5. The predicted octanol–water partition coefficient (Wildman–Crippen LogP) is 2.47. The molecule has 1 aliphatic rings. The molecule has 5 nitrogen and oxygen atoms in total. The Hall–Kier alpha value is -1.36. The third-order valence-electron chi connectivity index (χ3n) is 2.85. The molecule has 104 valence electrons. The zero-order valence-electron chi connectivity index (χ0n) is 11.4. The zero-order valence-corrected chi connectivity index (χ0v) is 12.2. The fourth-order valence-corrected chi connectivity index (χ4v) is 2.11. The van der Waals surface area contributed by atoms with Gasteiger partial charge in [0.15, 0.2) is 0 Å². The molecule has 2 heterocycles. The van der Waals surface area contributed by atoms with Gasteiger partial charge in [-0.15, -0.1) is 0 Å². The molecule has 0 aliphatic carbocycles. The van der Waals surface area contributed by atoms with E-state index in [1.165, 1.54) is 0 Å². The Morgan fingerprint density at radius 1 is 1.37 bits per heavy atom. The van der Waals surface area contributed by atoms with Crippen molar-refractivity contribution < 1.29 is 9.53 Å². The van der Waals surface area contributed by atoms with Gasteiger partial charge in [0, 0.05) is 25.7 Å². The van der Waals surface area contributed by atoms with Crippen molar-refractivity contribution in [1.82, 2.24) is 14.9 Å². The quantitative estimate of drug-likeness (QED) is 0.686. The number of carbonyl (C=O) groups is 1. The van der Waals surface area contributed by atoms with Gasteiger partial charge in [0.2, 0.25) is 5.28 Å². The molecule has 1 aromatic heterocycles. The van der Waals surface area contributed by atoms with Gasteiger partial charge in [-0.1, -0.05) is 0 Å². The molecule has 0 saturated heterocycles. The number of halogens is 1. The van der Waals surface area contributed by atoms with E-state index in [-0.39, 0.29) is 11.4 Å². The molecular formula is C13H18ClN3O2. The highest BCUT2D eigenvalue weighted by Crippen LogP contribution is 2.17. The molecule has 0 spiro atoms. The van der Waals surface area contributed by atoms with Crippen LogP contribution in [0.4, 0.5) is 4.79 Å². The number of ether oxygens (including phenoxy) is 1. The summed E-state index contributed by atoms with van der Waals surface area (Å²) in [5.41, 5.74) is 1.50. The van der Waals surface area contributed by atoms with Crippen molar-refractivity contribution >= 4 is 17.7 Å². The molecule has 0 saturated carbocycles. The van der Waals surface area contributed by atoms with Gasteiger partial charge in [-0.2, -0.15) is 0 Å². The number of fused-ring (bicyclic) bond motifs is 1. The molecule has 1 aliphatic heterocycles. The normalized spacial score (nSPS) is 15.7. The van der Waals surface area contributed by atoms with E-state index in [9.17, 15) is 4.79 Å². The summed E-state index contributed by atoms with van der Waals surface area (Å²) in [4.78, 5) is 21.9. The van der Waals surface area contributed by atoms with Crippen LogP contribution in [0.25, 0.3) is 0 Å². The van der Waals surface area contributed by atoms with Crippen molar-refractivity contribution in [1.29, 1.82) is 0 Å². The summed E-state index contributed by atoms with van der Waals surface area (Å²) in [6.45, 7) is 6.80. The molecule has 0 aromatic carbocycles. The highest BCUT2D eigenvalue weighted by Gasteiger charge is 2.24. The van der Waals surface area contributed by atoms with Crippen LogP contribution in [0.2, 0.25) is 5.28 Å². The minimum Gasteiger partial charge on any atom is -0.444 e. The summed E-state index contributed by atoms with van der Waals surface area (Å²) >= 11 is 5.79. The molecule has 19 heavy (non-hydrogen) atoms. The largest absolute Gasteiger partial charge is 0.444 e. The lowest BCUT2D eigenvalue weighted by atomic mass is 10.1. The van der Waals surface area contributed by atoms with Crippen LogP contribution < -0.4 is 0 Å². The highest BCUT2D eigenvalue weighted by molar-refractivity contribution is 6.28. The second-order valence-electron chi connectivity index (χ2n) is 5.58. The van der Waals surface area contributed by atoms with Crippen molar-refractivity contribution in [2.45, 2.75) is 39.2 Å². The first kappa shape index (κ1) is 14.1. The first-order valence-electron chi connectivity index (χ1n) is 6.33. The Bertz CT molecular complexity index is 485. The van der Waals surface area contributed by atoms with Gasteiger partial charge in [0.1, 0.15) is 5.60 Å². The SMILES string of the molecule is CC(C)(C)OC(=O)N1CCc2cnc(Cl)nc2CC1. The van der Waals surface area contributed by atoms with Gasteiger partial charge in [-0.05, 0) is 44.4 Å². The lowest BCUT2D eigenvalue weighted by Crippen LogP contribution is -2.38. The average Bonchev–Trinajstić information content (AvgIpc) is 2.48. The molecule has 6 heteroatoms. The predicted molar refractivity (Wildman–Crippen MR) is 72.3 cm³/mol. The summed E-state index contributed by atoms with van der Waals surface area (Å²) in [6, 6.07) is 0. The standard InChI is InChI=1S/C13H18ClN3O2/c1-13(2,3)19-12(18)17-6-4-9-8-15-11(14)16-10(9)5-7-17/h8H,4-7H2,1-3H3. The maximum absolute atomic E-state index is 12.0. The minimum atomic E-state index is -0.473. The Balaban J connectivity index is 2.05. The zero-order chi connectivity index (χ0) is 14.0. The second-order valence-corrected chi connectivity index (χ2v) is 5.92. The number of aromatic nitrogens is 2. The van der Waals surface area contributed by atoms with E-state index >= 15 is 0 Å². The van der Waals surface area contributed by atoms with E-state index < -0.39 is 5.60 Å². The first-order chi connectivity index (χ1) is 8.85. The topological polar surface area (TPSA) is 55.3 Å². The van der Waals surface area contributed by atoms with Crippen molar-refractivity contribution in [3.8, 4) is 0 Å². The summed E-state index contributed by atoms with van der Waals surface area (Å²) in [7, 11) is 0. The lowest BCUT2D eigenvalue weighted by Gasteiger charge is -2.26. The lowest BCUT2D eigenvalue weighted by molar-refractivity contribution is 0.0258. The number of hydrogen-bond acceptors (Lipinski definition) is 4. The molecule has 0 fully saturated rings. The number of carbonyl (C=O) groups excluding carboxylic acids is 1. The van der Waals surface area contributed by atoms with Gasteiger partial charge in [0.25, 0.3) is 0 Å². The smallest absolute Gasteiger partial charge is 0.410 e. The van der Waals surface area contributed by atoms with Crippen LogP contribution in [0.15, 0.2) is 6.20 Å². The van der Waals surface area contributed by atoms with Gasteiger partial charge < -0.3 is 9.64 Å². The second kappa shape index (κ2) is 5.33. The first-order valence-corrected chi connectivity index (χ1v) is 6.71. The van der Waals surface area contributed by atoms with Crippen molar-refractivity contribution in [3.63, 3.8) is 0 Å². The molecule has 0 bridgehead atoms.